The molecule has 0 spiro atoms. The van der Waals surface area contributed by atoms with Crippen LogP contribution in [0.5, 0.6) is 5.75 Å². The van der Waals surface area contributed by atoms with E-state index in [0.29, 0.717) is 12.4 Å². The van der Waals surface area contributed by atoms with Crippen molar-refractivity contribution in [1.82, 2.24) is 0 Å². The normalized spacial score (nSPS) is 10.9. The topological polar surface area (TPSA) is 35.5 Å². The molecule has 0 amide bonds. The van der Waals surface area contributed by atoms with Gasteiger partial charge in [-0.25, -0.2) is 0 Å². The SMILES string of the molecule is CCCCCc1ccc(/C=C/COc2cccc(CSCC(=O)OC)c2)cc1. The molecule has 0 radical (unpaired) electrons. The molecule has 4 heteroatoms. The minimum atomic E-state index is -0.198. The van der Waals surface area contributed by atoms with Crippen LogP contribution in [0.25, 0.3) is 6.08 Å². The summed E-state index contributed by atoms with van der Waals surface area (Å²) in [6, 6.07) is 16.7. The van der Waals surface area contributed by atoms with Crippen LogP contribution in [-0.4, -0.2) is 25.4 Å². The van der Waals surface area contributed by atoms with Crippen LogP contribution in [0.3, 0.4) is 0 Å². The fourth-order valence-corrected chi connectivity index (χ4v) is 3.54. The maximum absolute atomic E-state index is 11.2. The summed E-state index contributed by atoms with van der Waals surface area (Å²) in [5.74, 6) is 1.76. The molecule has 0 saturated heterocycles. The Morgan fingerprint density at radius 3 is 2.64 bits per heavy atom. The molecule has 0 aromatic heterocycles. The summed E-state index contributed by atoms with van der Waals surface area (Å²) in [4.78, 5) is 11.2. The van der Waals surface area contributed by atoms with E-state index in [0.717, 1.165) is 23.5 Å². The number of aryl methyl sites for hydroxylation is 1. The van der Waals surface area contributed by atoms with Gasteiger partial charge in [0.15, 0.2) is 0 Å². The van der Waals surface area contributed by atoms with E-state index < -0.39 is 0 Å². The molecule has 3 nitrogen and oxygen atoms in total. The van der Waals surface area contributed by atoms with E-state index in [1.807, 2.05) is 30.3 Å². The maximum atomic E-state index is 11.2. The van der Waals surface area contributed by atoms with Gasteiger partial charge in [0.05, 0.1) is 12.9 Å². The zero-order valence-corrected chi connectivity index (χ0v) is 17.7. The summed E-state index contributed by atoms with van der Waals surface area (Å²) in [6.07, 6.45) is 9.10. The molecule has 2 aromatic carbocycles. The average Bonchev–Trinajstić information content (AvgIpc) is 2.72. The molecular formula is C24H30O3S. The predicted octanol–water partition coefficient (Wildman–Crippen LogP) is 5.92. The molecular weight excluding hydrogens is 368 g/mol. The Morgan fingerprint density at radius 1 is 1.07 bits per heavy atom. The number of rotatable bonds is 12. The first-order valence-electron chi connectivity index (χ1n) is 9.83. The third-order valence-electron chi connectivity index (χ3n) is 4.32. The van der Waals surface area contributed by atoms with Crippen LogP contribution in [0.15, 0.2) is 54.6 Å². The molecule has 0 unspecified atom stereocenters. The van der Waals surface area contributed by atoms with Crippen LogP contribution >= 0.6 is 11.8 Å². The van der Waals surface area contributed by atoms with Crippen LogP contribution in [0.2, 0.25) is 0 Å². The molecule has 2 rings (SSSR count). The highest BCUT2D eigenvalue weighted by Gasteiger charge is 2.02. The summed E-state index contributed by atoms with van der Waals surface area (Å²) in [6.45, 7) is 2.76. The molecule has 2 aromatic rings. The molecule has 0 aliphatic carbocycles. The van der Waals surface area contributed by atoms with E-state index in [1.54, 1.807) is 0 Å². The fourth-order valence-electron chi connectivity index (χ4n) is 2.74. The lowest BCUT2D eigenvalue weighted by Crippen LogP contribution is -2.03. The van der Waals surface area contributed by atoms with Crippen LogP contribution in [0, 0.1) is 0 Å². The van der Waals surface area contributed by atoms with Gasteiger partial charge in [-0.1, -0.05) is 62.2 Å². The Balaban J connectivity index is 1.74. The minimum absolute atomic E-state index is 0.198. The summed E-state index contributed by atoms with van der Waals surface area (Å²) >= 11 is 1.54. The van der Waals surface area contributed by atoms with Gasteiger partial charge in [0.2, 0.25) is 0 Å². The second kappa shape index (κ2) is 13.1. The third-order valence-corrected chi connectivity index (χ3v) is 5.30. The van der Waals surface area contributed by atoms with Crippen molar-refractivity contribution in [3.63, 3.8) is 0 Å². The van der Waals surface area contributed by atoms with Crippen molar-refractivity contribution in [3.05, 3.63) is 71.3 Å². The second-order valence-electron chi connectivity index (χ2n) is 6.63. The monoisotopic (exact) mass is 398 g/mol. The Bertz CT molecular complexity index is 738. The number of carbonyl (C=O) groups excluding carboxylic acids is 1. The Labute approximate surface area is 173 Å². The number of hydrogen-bond donors (Lipinski definition) is 0. The molecule has 0 bridgehead atoms. The molecule has 0 atom stereocenters. The standard InChI is InChI=1S/C24H30O3S/c1-3-4-5-8-20-12-14-21(15-13-20)10-7-16-27-23-11-6-9-22(17-23)18-28-19-24(25)26-2/h6-7,9-15,17H,3-5,8,16,18-19H2,1-2H3/b10-7+. The van der Waals surface area contributed by atoms with Gasteiger partial charge in [-0.05, 0) is 47.7 Å². The van der Waals surface area contributed by atoms with Crippen molar-refractivity contribution in [2.24, 2.45) is 0 Å². The summed E-state index contributed by atoms with van der Waals surface area (Å²) in [5.41, 5.74) is 3.73. The molecule has 0 aliphatic heterocycles. The number of methoxy groups -OCH3 is 1. The van der Waals surface area contributed by atoms with E-state index in [1.165, 1.54) is 49.3 Å². The highest BCUT2D eigenvalue weighted by atomic mass is 32.2. The van der Waals surface area contributed by atoms with E-state index in [-0.39, 0.29) is 5.97 Å². The van der Waals surface area contributed by atoms with Gasteiger partial charge < -0.3 is 9.47 Å². The van der Waals surface area contributed by atoms with Crippen molar-refractivity contribution in [1.29, 1.82) is 0 Å². The van der Waals surface area contributed by atoms with Gasteiger partial charge in [-0.3, -0.25) is 4.79 Å². The molecule has 0 saturated carbocycles. The van der Waals surface area contributed by atoms with Crippen molar-refractivity contribution < 1.29 is 14.3 Å². The largest absolute Gasteiger partial charge is 0.490 e. The number of ether oxygens (including phenoxy) is 2. The molecule has 0 N–H and O–H groups in total. The van der Waals surface area contributed by atoms with E-state index in [4.69, 9.17) is 4.74 Å². The fraction of sp³-hybridized carbons (Fsp3) is 0.375. The first-order valence-corrected chi connectivity index (χ1v) is 11.0. The Hall–Kier alpha value is -2.20. The zero-order chi connectivity index (χ0) is 20.0. The minimum Gasteiger partial charge on any atom is -0.490 e. The predicted molar refractivity (Wildman–Crippen MR) is 119 cm³/mol. The van der Waals surface area contributed by atoms with Crippen molar-refractivity contribution in [2.75, 3.05) is 19.5 Å². The molecule has 0 fully saturated rings. The van der Waals surface area contributed by atoms with Crippen LogP contribution < -0.4 is 4.74 Å². The smallest absolute Gasteiger partial charge is 0.315 e. The second-order valence-corrected chi connectivity index (χ2v) is 7.61. The number of esters is 1. The van der Waals surface area contributed by atoms with Gasteiger partial charge in [0, 0.05) is 5.75 Å². The molecule has 0 heterocycles. The highest BCUT2D eigenvalue weighted by Crippen LogP contribution is 2.18. The lowest BCUT2D eigenvalue weighted by atomic mass is 10.1. The maximum Gasteiger partial charge on any atom is 0.315 e. The average molecular weight is 399 g/mol. The third kappa shape index (κ3) is 8.66. The molecule has 150 valence electrons. The van der Waals surface area contributed by atoms with Crippen LogP contribution in [0.1, 0.15) is 42.9 Å². The Morgan fingerprint density at radius 2 is 1.89 bits per heavy atom. The van der Waals surface area contributed by atoms with Gasteiger partial charge in [0.25, 0.3) is 0 Å². The number of benzene rings is 2. The number of thioether (sulfide) groups is 1. The summed E-state index contributed by atoms with van der Waals surface area (Å²) in [7, 11) is 1.41. The molecule has 28 heavy (non-hydrogen) atoms. The van der Waals surface area contributed by atoms with Crippen LogP contribution in [-0.2, 0) is 21.7 Å². The van der Waals surface area contributed by atoms with Gasteiger partial charge in [0.1, 0.15) is 12.4 Å². The number of carbonyl (C=O) groups is 1. The van der Waals surface area contributed by atoms with Crippen molar-refractivity contribution in [2.45, 2.75) is 38.4 Å². The van der Waals surface area contributed by atoms with E-state index in [2.05, 4.69) is 42.0 Å². The quantitative estimate of drug-likeness (QED) is 0.328. The van der Waals surface area contributed by atoms with Gasteiger partial charge in [-0.15, -0.1) is 11.8 Å². The summed E-state index contributed by atoms with van der Waals surface area (Å²) in [5, 5.41) is 0. The van der Waals surface area contributed by atoms with E-state index >= 15 is 0 Å². The van der Waals surface area contributed by atoms with Crippen molar-refractivity contribution >= 4 is 23.8 Å². The lowest BCUT2D eigenvalue weighted by molar-refractivity contribution is -0.137. The van der Waals surface area contributed by atoms with Crippen molar-refractivity contribution in [3.8, 4) is 5.75 Å². The number of unbranched alkanes of at least 4 members (excludes halogenated alkanes) is 2. The molecule has 0 aliphatic rings. The lowest BCUT2D eigenvalue weighted by Gasteiger charge is -2.06. The summed E-state index contributed by atoms with van der Waals surface area (Å²) < 4.78 is 10.5. The van der Waals surface area contributed by atoms with Gasteiger partial charge >= 0.3 is 5.97 Å². The highest BCUT2D eigenvalue weighted by molar-refractivity contribution is 7.99. The zero-order valence-electron chi connectivity index (χ0n) is 16.9. The van der Waals surface area contributed by atoms with Gasteiger partial charge in [-0.2, -0.15) is 0 Å². The van der Waals surface area contributed by atoms with E-state index in [9.17, 15) is 4.79 Å². The number of hydrogen-bond acceptors (Lipinski definition) is 4. The Kier molecular flexibility index (Phi) is 10.3. The first-order chi connectivity index (χ1) is 13.7. The van der Waals surface area contributed by atoms with Crippen LogP contribution in [0.4, 0.5) is 0 Å². The first kappa shape index (κ1) is 22.1.